The van der Waals surface area contributed by atoms with Gasteiger partial charge in [0, 0.05) is 0 Å². The van der Waals surface area contributed by atoms with Gasteiger partial charge in [-0.1, -0.05) is 112 Å². The number of carbonyl (C=O) groups is 1. The van der Waals surface area contributed by atoms with Gasteiger partial charge in [0.2, 0.25) is 0 Å². The smallest absolute Gasteiger partial charge is 0.419 e. The lowest BCUT2D eigenvalue weighted by Crippen LogP contribution is -2.67. The maximum Gasteiger partial charge on any atom is 0.419 e. The zero-order chi connectivity index (χ0) is 27.1. The summed E-state index contributed by atoms with van der Waals surface area (Å²) in [5, 5.41) is 2.03. The van der Waals surface area contributed by atoms with E-state index >= 15 is 0 Å². The van der Waals surface area contributed by atoms with E-state index in [4.69, 9.17) is 13.9 Å². The molecule has 1 amide bonds. The van der Waals surface area contributed by atoms with Gasteiger partial charge < -0.3 is 13.9 Å². The second-order valence-electron chi connectivity index (χ2n) is 12.1. The summed E-state index contributed by atoms with van der Waals surface area (Å²) in [5.74, 6) is 0.486. The molecule has 3 aromatic rings. The van der Waals surface area contributed by atoms with Crippen molar-refractivity contribution in [2.24, 2.45) is 5.92 Å². The van der Waals surface area contributed by atoms with E-state index in [1.807, 2.05) is 51.1 Å². The van der Waals surface area contributed by atoms with Gasteiger partial charge in [-0.25, -0.2) is 9.69 Å². The molecule has 0 radical (unpaired) electrons. The largest absolute Gasteiger partial charge is 0.522 e. The molecule has 0 aromatic heterocycles. The first-order chi connectivity index (χ1) is 18.0. The molecule has 0 bridgehead atoms. The summed E-state index contributed by atoms with van der Waals surface area (Å²) in [6, 6.07) is 31.0. The Hall–Kier alpha value is -3.35. The second kappa shape index (κ2) is 9.75. The molecule has 0 N–H and O–H groups in total. The van der Waals surface area contributed by atoms with Gasteiger partial charge in [0.25, 0.3) is 0 Å². The molecule has 198 valence electrons. The molecular formula is C32H37NO4Si. The summed E-state index contributed by atoms with van der Waals surface area (Å²) in [7, 11) is -2.97. The van der Waals surface area contributed by atoms with Gasteiger partial charge in [0.1, 0.15) is 5.60 Å². The molecule has 2 heterocycles. The third kappa shape index (κ3) is 4.67. The van der Waals surface area contributed by atoms with Crippen LogP contribution in [0.5, 0.6) is 0 Å². The number of rotatable bonds is 5. The van der Waals surface area contributed by atoms with Crippen LogP contribution < -0.4 is 10.4 Å². The van der Waals surface area contributed by atoms with E-state index in [0.717, 1.165) is 15.9 Å². The Bertz CT molecular complexity index is 1260. The Labute approximate surface area is 227 Å². The van der Waals surface area contributed by atoms with E-state index in [9.17, 15) is 4.79 Å². The molecule has 3 aromatic carbocycles. The number of hydrogen-bond acceptors (Lipinski definition) is 4. The topological polar surface area (TPSA) is 48.0 Å². The minimum atomic E-state index is -2.97. The fourth-order valence-corrected chi connectivity index (χ4v) is 9.91. The van der Waals surface area contributed by atoms with Gasteiger partial charge in [0.05, 0.1) is 12.0 Å². The minimum Gasteiger partial charge on any atom is -0.522 e. The van der Waals surface area contributed by atoms with Crippen LogP contribution in [0.25, 0.3) is 0 Å². The predicted octanol–water partition coefficient (Wildman–Crippen LogP) is 6.37. The molecule has 0 saturated carbocycles. The van der Waals surface area contributed by atoms with E-state index in [0.29, 0.717) is 5.88 Å². The second-order valence-corrected chi connectivity index (χ2v) is 16.3. The van der Waals surface area contributed by atoms with Crippen molar-refractivity contribution >= 4 is 24.8 Å². The Kier molecular flexibility index (Phi) is 6.74. The number of amides is 1. The standard InChI is InChI=1S/C32H37NO4Si/c1-31(2,3)36-30(34)33-27(22-26-28(35-29(26)33)23-16-10-7-11-17-23)37-38(32(4,5)6,24-18-12-8-13-19-24)25-20-14-9-15-21-25/h7-22,26,28-29H,1-6H3. The molecule has 38 heavy (non-hydrogen) atoms. The Balaban J connectivity index is 1.62. The van der Waals surface area contributed by atoms with Gasteiger partial charge in [-0.05, 0) is 47.8 Å². The van der Waals surface area contributed by atoms with Crippen LogP contribution in [-0.4, -0.2) is 31.1 Å². The summed E-state index contributed by atoms with van der Waals surface area (Å²) in [6.07, 6.45) is 1.00. The van der Waals surface area contributed by atoms with Crippen molar-refractivity contribution in [2.75, 3.05) is 0 Å². The van der Waals surface area contributed by atoms with Gasteiger partial charge in [-0.3, -0.25) is 0 Å². The Morgan fingerprint density at radius 3 is 1.76 bits per heavy atom. The quantitative estimate of drug-likeness (QED) is 0.362. The van der Waals surface area contributed by atoms with Crippen LogP contribution in [0.15, 0.2) is 103 Å². The molecule has 3 unspecified atom stereocenters. The van der Waals surface area contributed by atoms with Crippen LogP contribution in [0.1, 0.15) is 53.2 Å². The van der Waals surface area contributed by atoms with Crippen molar-refractivity contribution in [1.82, 2.24) is 4.90 Å². The number of ether oxygens (including phenoxy) is 2. The van der Waals surface area contributed by atoms with Crippen molar-refractivity contribution < 1.29 is 18.7 Å². The molecule has 1 fully saturated rings. The SMILES string of the molecule is CC(C)(C)OC(=O)N1C(O[Si](c2ccccc2)(c2ccccc2)C(C)(C)C)=CC2C(c3ccccc3)OC21. The maximum atomic E-state index is 13.6. The highest BCUT2D eigenvalue weighted by Crippen LogP contribution is 2.51. The van der Waals surface area contributed by atoms with E-state index in [1.165, 1.54) is 0 Å². The summed E-state index contributed by atoms with van der Waals surface area (Å²) in [4.78, 5) is 15.2. The first-order valence-electron chi connectivity index (χ1n) is 13.3. The lowest BCUT2D eigenvalue weighted by atomic mass is 9.90. The molecule has 1 saturated heterocycles. The first kappa shape index (κ1) is 26.3. The van der Waals surface area contributed by atoms with Crippen LogP contribution in [0.2, 0.25) is 5.04 Å². The molecule has 2 aliphatic rings. The maximum absolute atomic E-state index is 13.6. The zero-order valence-corrected chi connectivity index (χ0v) is 24.0. The summed E-state index contributed by atoms with van der Waals surface area (Å²) >= 11 is 0. The molecular weight excluding hydrogens is 490 g/mol. The van der Waals surface area contributed by atoms with Crippen molar-refractivity contribution in [3.8, 4) is 0 Å². The molecule has 5 nitrogen and oxygen atoms in total. The van der Waals surface area contributed by atoms with E-state index in [1.54, 1.807) is 4.90 Å². The van der Waals surface area contributed by atoms with Crippen LogP contribution in [-0.2, 0) is 13.9 Å². The molecule has 2 aliphatic heterocycles. The fraction of sp³-hybridized carbons (Fsp3) is 0.344. The van der Waals surface area contributed by atoms with Gasteiger partial charge in [-0.2, -0.15) is 0 Å². The summed E-state index contributed by atoms with van der Waals surface area (Å²) < 4.78 is 19.5. The van der Waals surface area contributed by atoms with Crippen LogP contribution in [0.3, 0.4) is 0 Å². The summed E-state index contributed by atoms with van der Waals surface area (Å²) in [5.41, 5.74) is 0.432. The lowest BCUT2D eigenvalue weighted by Gasteiger charge is -2.46. The number of benzene rings is 3. The lowest BCUT2D eigenvalue weighted by molar-refractivity contribution is -0.212. The molecule has 0 spiro atoms. The van der Waals surface area contributed by atoms with E-state index in [2.05, 4.69) is 87.5 Å². The number of carbonyl (C=O) groups excluding carboxylic acids is 1. The highest BCUT2D eigenvalue weighted by molar-refractivity contribution is 6.99. The van der Waals surface area contributed by atoms with Crippen molar-refractivity contribution in [3.63, 3.8) is 0 Å². The third-order valence-electron chi connectivity index (χ3n) is 7.18. The van der Waals surface area contributed by atoms with E-state index < -0.39 is 26.2 Å². The van der Waals surface area contributed by atoms with Crippen molar-refractivity contribution in [2.45, 2.75) is 64.5 Å². The van der Waals surface area contributed by atoms with Crippen molar-refractivity contribution in [3.05, 3.63) is 109 Å². The molecule has 3 atom stereocenters. The van der Waals surface area contributed by atoms with Gasteiger partial charge in [0.15, 0.2) is 12.1 Å². The van der Waals surface area contributed by atoms with Crippen LogP contribution >= 0.6 is 0 Å². The van der Waals surface area contributed by atoms with Crippen molar-refractivity contribution in [1.29, 1.82) is 0 Å². The highest BCUT2D eigenvalue weighted by atomic mass is 28.4. The zero-order valence-electron chi connectivity index (χ0n) is 23.0. The third-order valence-corrected chi connectivity index (χ3v) is 12.1. The predicted molar refractivity (Wildman–Crippen MR) is 152 cm³/mol. The molecule has 6 heteroatoms. The average Bonchev–Trinajstić information content (AvgIpc) is 3.14. The van der Waals surface area contributed by atoms with Crippen LogP contribution in [0.4, 0.5) is 4.79 Å². The average molecular weight is 528 g/mol. The highest BCUT2D eigenvalue weighted by Gasteiger charge is 2.58. The first-order valence-corrected chi connectivity index (χ1v) is 15.2. The monoisotopic (exact) mass is 527 g/mol. The molecule has 0 aliphatic carbocycles. The number of fused-ring (bicyclic) bond motifs is 1. The minimum absolute atomic E-state index is 0.0295. The number of nitrogens with zero attached hydrogens (tertiary/aromatic N) is 1. The Morgan fingerprint density at radius 1 is 0.789 bits per heavy atom. The van der Waals surface area contributed by atoms with Gasteiger partial charge >= 0.3 is 14.4 Å². The normalized spacial score (nSPS) is 21.3. The van der Waals surface area contributed by atoms with E-state index in [-0.39, 0.29) is 17.1 Å². The fourth-order valence-electron chi connectivity index (χ4n) is 5.50. The summed E-state index contributed by atoms with van der Waals surface area (Å²) in [6.45, 7) is 12.3. The molecule has 5 rings (SSSR count). The Morgan fingerprint density at radius 2 is 1.29 bits per heavy atom. The van der Waals surface area contributed by atoms with Crippen LogP contribution in [0, 0.1) is 5.92 Å². The number of hydrogen-bond donors (Lipinski definition) is 0. The van der Waals surface area contributed by atoms with Gasteiger partial charge in [-0.15, -0.1) is 0 Å².